The Morgan fingerprint density at radius 2 is 2.25 bits per heavy atom. The number of carboxylic acids is 1. The smallest absolute Gasteiger partial charge is 0.339 e. The maximum Gasteiger partial charge on any atom is 0.339 e. The van der Waals surface area contributed by atoms with Gasteiger partial charge in [0.25, 0.3) is 0 Å². The van der Waals surface area contributed by atoms with Crippen molar-refractivity contribution >= 4 is 17.3 Å². The Kier molecular flexibility index (Phi) is 3.03. The zero-order chi connectivity index (χ0) is 14.1. The number of aromatic nitrogens is 3. The standard InChI is InChI=1S/C13H8FN3O2S/c14-8-2-1-3-9(6-8)17-7-10(13(18)19)11(16-17)12-15-4-5-20-12/h1-7H,(H,18,19). The Morgan fingerprint density at radius 1 is 1.40 bits per heavy atom. The summed E-state index contributed by atoms with van der Waals surface area (Å²) in [5, 5.41) is 15.7. The molecule has 3 rings (SSSR count). The summed E-state index contributed by atoms with van der Waals surface area (Å²) >= 11 is 1.29. The molecule has 2 aromatic heterocycles. The maximum atomic E-state index is 13.2. The van der Waals surface area contributed by atoms with Crippen LogP contribution in [0.15, 0.2) is 42.0 Å². The lowest BCUT2D eigenvalue weighted by Gasteiger charge is -2.00. The van der Waals surface area contributed by atoms with Crippen molar-refractivity contribution in [1.82, 2.24) is 14.8 Å². The molecule has 0 fully saturated rings. The van der Waals surface area contributed by atoms with Crippen molar-refractivity contribution in [3.63, 3.8) is 0 Å². The van der Waals surface area contributed by atoms with Crippen molar-refractivity contribution in [2.24, 2.45) is 0 Å². The van der Waals surface area contributed by atoms with Gasteiger partial charge in [0.05, 0.1) is 5.69 Å². The molecule has 0 spiro atoms. The number of benzene rings is 1. The highest BCUT2D eigenvalue weighted by molar-refractivity contribution is 7.13. The van der Waals surface area contributed by atoms with E-state index >= 15 is 0 Å². The zero-order valence-corrected chi connectivity index (χ0v) is 10.8. The lowest BCUT2D eigenvalue weighted by molar-refractivity contribution is 0.0697. The normalized spacial score (nSPS) is 10.7. The zero-order valence-electron chi connectivity index (χ0n) is 10.0. The molecule has 1 aromatic carbocycles. The van der Waals surface area contributed by atoms with Crippen molar-refractivity contribution in [2.75, 3.05) is 0 Å². The fourth-order valence-corrected chi connectivity index (χ4v) is 2.41. The SMILES string of the molecule is O=C(O)c1cn(-c2cccc(F)c2)nc1-c1nccs1. The number of nitrogens with zero attached hydrogens (tertiary/aromatic N) is 3. The summed E-state index contributed by atoms with van der Waals surface area (Å²) in [7, 11) is 0. The number of aromatic carboxylic acids is 1. The van der Waals surface area contributed by atoms with Gasteiger partial charge in [-0.05, 0) is 18.2 Å². The Hall–Kier alpha value is -2.54. The van der Waals surface area contributed by atoms with Crippen LogP contribution >= 0.6 is 11.3 Å². The fraction of sp³-hybridized carbons (Fsp3) is 0. The molecule has 0 amide bonds. The molecular weight excluding hydrogens is 281 g/mol. The summed E-state index contributed by atoms with van der Waals surface area (Å²) in [5.74, 6) is -1.51. The third-order valence-electron chi connectivity index (χ3n) is 2.65. The molecule has 5 nitrogen and oxygen atoms in total. The van der Waals surface area contributed by atoms with Crippen molar-refractivity contribution in [3.8, 4) is 16.4 Å². The molecular formula is C13H8FN3O2S. The predicted octanol–water partition coefficient (Wildman–Crippen LogP) is 2.83. The highest BCUT2D eigenvalue weighted by atomic mass is 32.1. The van der Waals surface area contributed by atoms with Gasteiger partial charge in [-0.1, -0.05) is 6.07 Å². The second-order valence-electron chi connectivity index (χ2n) is 3.96. The predicted molar refractivity (Wildman–Crippen MR) is 71.6 cm³/mol. The Bertz CT molecular complexity index is 768. The molecule has 0 saturated heterocycles. The minimum atomic E-state index is -1.10. The van der Waals surface area contributed by atoms with Crippen LogP contribution in [-0.4, -0.2) is 25.8 Å². The highest BCUT2D eigenvalue weighted by Crippen LogP contribution is 2.25. The highest BCUT2D eigenvalue weighted by Gasteiger charge is 2.19. The van der Waals surface area contributed by atoms with Crippen LogP contribution in [-0.2, 0) is 0 Å². The summed E-state index contributed by atoms with van der Waals surface area (Å²) in [5.41, 5.74) is 0.760. The van der Waals surface area contributed by atoms with Gasteiger partial charge in [-0.2, -0.15) is 5.10 Å². The van der Waals surface area contributed by atoms with Gasteiger partial charge in [-0.15, -0.1) is 11.3 Å². The van der Waals surface area contributed by atoms with Gasteiger partial charge in [0, 0.05) is 17.8 Å². The molecule has 100 valence electrons. The molecule has 0 unspecified atom stereocenters. The van der Waals surface area contributed by atoms with Gasteiger partial charge < -0.3 is 5.11 Å². The van der Waals surface area contributed by atoms with Crippen LogP contribution in [0.4, 0.5) is 4.39 Å². The molecule has 0 aliphatic heterocycles. The quantitative estimate of drug-likeness (QED) is 0.805. The number of carbonyl (C=O) groups is 1. The fourth-order valence-electron chi connectivity index (χ4n) is 1.78. The molecule has 0 bridgehead atoms. The maximum absolute atomic E-state index is 13.2. The van der Waals surface area contributed by atoms with E-state index in [0.717, 1.165) is 0 Å². The van der Waals surface area contributed by atoms with Gasteiger partial charge in [-0.3, -0.25) is 0 Å². The lowest BCUT2D eigenvalue weighted by atomic mass is 10.2. The Balaban J connectivity index is 2.15. The van der Waals surface area contributed by atoms with Crippen LogP contribution in [0.1, 0.15) is 10.4 Å². The number of thiazole rings is 1. The van der Waals surface area contributed by atoms with E-state index in [1.165, 1.54) is 40.4 Å². The summed E-state index contributed by atoms with van der Waals surface area (Å²) in [6.07, 6.45) is 2.93. The van der Waals surface area contributed by atoms with E-state index < -0.39 is 11.8 Å². The summed E-state index contributed by atoms with van der Waals surface area (Å²) < 4.78 is 14.6. The molecule has 0 radical (unpaired) electrons. The minimum Gasteiger partial charge on any atom is -0.478 e. The summed E-state index contributed by atoms with van der Waals surface area (Å²) in [6.45, 7) is 0. The summed E-state index contributed by atoms with van der Waals surface area (Å²) in [4.78, 5) is 15.3. The monoisotopic (exact) mass is 289 g/mol. The van der Waals surface area contributed by atoms with Crippen LogP contribution in [0.3, 0.4) is 0 Å². The van der Waals surface area contributed by atoms with E-state index in [1.54, 1.807) is 17.6 Å². The first-order valence-corrected chi connectivity index (χ1v) is 6.52. The van der Waals surface area contributed by atoms with E-state index in [2.05, 4.69) is 10.1 Å². The van der Waals surface area contributed by atoms with Crippen LogP contribution in [0.2, 0.25) is 0 Å². The van der Waals surface area contributed by atoms with E-state index in [-0.39, 0.29) is 11.3 Å². The van der Waals surface area contributed by atoms with E-state index in [4.69, 9.17) is 0 Å². The third kappa shape index (κ3) is 2.19. The minimum absolute atomic E-state index is 0.0317. The largest absolute Gasteiger partial charge is 0.478 e. The molecule has 2 heterocycles. The number of hydrogen-bond acceptors (Lipinski definition) is 4. The molecule has 0 saturated carbocycles. The Morgan fingerprint density at radius 3 is 2.90 bits per heavy atom. The molecule has 7 heteroatoms. The van der Waals surface area contributed by atoms with E-state index in [1.807, 2.05) is 0 Å². The van der Waals surface area contributed by atoms with Crippen molar-refractivity contribution in [1.29, 1.82) is 0 Å². The molecule has 0 atom stereocenters. The van der Waals surface area contributed by atoms with Gasteiger partial charge in [0.15, 0.2) is 0 Å². The van der Waals surface area contributed by atoms with Gasteiger partial charge >= 0.3 is 5.97 Å². The average Bonchev–Trinajstić information content (AvgIpc) is 3.08. The first kappa shape index (κ1) is 12.5. The number of hydrogen-bond donors (Lipinski definition) is 1. The van der Waals surface area contributed by atoms with Crippen LogP contribution in [0, 0.1) is 5.82 Å². The number of carboxylic acid groups (broad SMARTS) is 1. The van der Waals surface area contributed by atoms with Gasteiger partial charge in [0.2, 0.25) is 0 Å². The second kappa shape index (κ2) is 4.86. The first-order chi connectivity index (χ1) is 9.65. The van der Waals surface area contributed by atoms with Crippen LogP contribution in [0.5, 0.6) is 0 Å². The lowest BCUT2D eigenvalue weighted by Crippen LogP contribution is -1.96. The van der Waals surface area contributed by atoms with Crippen molar-refractivity contribution in [3.05, 3.63) is 53.4 Å². The first-order valence-electron chi connectivity index (χ1n) is 5.64. The molecule has 1 N–H and O–H groups in total. The molecule has 0 aliphatic rings. The van der Waals surface area contributed by atoms with Crippen molar-refractivity contribution in [2.45, 2.75) is 0 Å². The molecule has 20 heavy (non-hydrogen) atoms. The topological polar surface area (TPSA) is 68.0 Å². The van der Waals surface area contributed by atoms with Crippen LogP contribution < -0.4 is 0 Å². The van der Waals surface area contributed by atoms with Crippen molar-refractivity contribution < 1.29 is 14.3 Å². The van der Waals surface area contributed by atoms with Gasteiger partial charge in [0.1, 0.15) is 22.1 Å². The van der Waals surface area contributed by atoms with Gasteiger partial charge in [-0.25, -0.2) is 18.9 Å². The molecule has 0 aliphatic carbocycles. The van der Waals surface area contributed by atoms with Crippen LogP contribution in [0.25, 0.3) is 16.4 Å². The second-order valence-corrected chi connectivity index (χ2v) is 4.85. The third-order valence-corrected chi connectivity index (χ3v) is 3.43. The average molecular weight is 289 g/mol. The number of rotatable bonds is 3. The Labute approximate surface area is 116 Å². The van der Waals surface area contributed by atoms with E-state index in [0.29, 0.717) is 10.7 Å². The summed E-state index contributed by atoms with van der Waals surface area (Å²) in [6, 6.07) is 5.78. The van der Waals surface area contributed by atoms with E-state index in [9.17, 15) is 14.3 Å². The number of halogens is 1. The molecule has 3 aromatic rings.